The van der Waals surface area contributed by atoms with Crippen LogP contribution in [0.15, 0.2) is 16.9 Å². The van der Waals surface area contributed by atoms with E-state index in [4.69, 9.17) is 0 Å². The molecule has 0 saturated heterocycles. The van der Waals surface area contributed by atoms with E-state index in [9.17, 15) is 0 Å². The fraction of sp³-hybridized carbons (Fsp3) is 0.545. The molecule has 2 heteroatoms. The molecule has 1 aromatic rings. The van der Waals surface area contributed by atoms with Gasteiger partial charge in [-0.05, 0) is 38.9 Å². The van der Waals surface area contributed by atoms with Crippen LogP contribution in [-0.2, 0) is 11.8 Å². The standard InChI is InChI=1S/C11H16BrN/c1-5-8-6-13-7-9(12)10(8)11(2,3)4/h6-7H,5H2,1-4H3. The Bertz CT molecular complexity index is 299. The lowest BCUT2D eigenvalue weighted by Gasteiger charge is -2.23. The van der Waals surface area contributed by atoms with E-state index in [1.165, 1.54) is 11.1 Å². The quantitative estimate of drug-likeness (QED) is 0.731. The Morgan fingerprint density at radius 2 is 1.92 bits per heavy atom. The van der Waals surface area contributed by atoms with Gasteiger partial charge in [-0.15, -0.1) is 0 Å². The van der Waals surface area contributed by atoms with Gasteiger partial charge in [0.15, 0.2) is 0 Å². The molecule has 0 atom stereocenters. The van der Waals surface area contributed by atoms with Crippen molar-refractivity contribution in [3.05, 3.63) is 28.0 Å². The highest BCUT2D eigenvalue weighted by Crippen LogP contribution is 2.32. The van der Waals surface area contributed by atoms with Crippen molar-refractivity contribution >= 4 is 15.9 Å². The number of nitrogens with zero attached hydrogens (tertiary/aromatic N) is 1. The van der Waals surface area contributed by atoms with E-state index in [0.29, 0.717) is 0 Å². The van der Waals surface area contributed by atoms with Crippen molar-refractivity contribution in [2.24, 2.45) is 0 Å². The Morgan fingerprint density at radius 3 is 2.31 bits per heavy atom. The first-order valence-corrected chi connectivity index (χ1v) is 5.39. The van der Waals surface area contributed by atoms with Crippen LogP contribution in [0.25, 0.3) is 0 Å². The number of aryl methyl sites for hydroxylation is 1. The Hall–Kier alpha value is -0.370. The summed E-state index contributed by atoms with van der Waals surface area (Å²) in [6.45, 7) is 8.85. The average Bonchev–Trinajstić information content (AvgIpc) is 2.01. The molecule has 0 saturated carbocycles. The monoisotopic (exact) mass is 241 g/mol. The minimum atomic E-state index is 0.188. The maximum absolute atomic E-state index is 4.18. The van der Waals surface area contributed by atoms with E-state index in [-0.39, 0.29) is 5.41 Å². The van der Waals surface area contributed by atoms with Gasteiger partial charge in [-0.2, -0.15) is 0 Å². The molecule has 0 aliphatic carbocycles. The van der Waals surface area contributed by atoms with Crippen molar-refractivity contribution in [1.29, 1.82) is 0 Å². The van der Waals surface area contributed by atoms with Gasteiger partial charge in [-0.3, -0.25) is 4.98 Å². The van der Waals surface area contributed by atoms with Crippen molar-refractivity contribution in [3.8, 4) is 0 Å². The average molecular weight is 242 g/mol. The molecule has 0 radical (unpaired) electrons. The zero-order chi connectivity index (χ0) is 10.1. The number of hydrogen-bond donors (Lipinski definition) is 0. The van der Waals surface area contributed by atoms with Gasteiger partial charge >= 0.3 is 0 Å². The summed E-state index contributed by atoms with van der Waals surface area (Å²) in [7, 11) is 0. The van der Waals surface area contributed by atoms with Crippen LogP contribution >= 0.6 is 15.9 Å². The molecule has 0 aromatic carbocycles. The van der Waals surface area contributed by atoms with E-state index in [2.05, 4.69) is 48.6 Å². The maximum Gasteiger partial charge on any atom is 0.0413 e. The van der Waals surface area contributed by atoms with Gasteiger partial charge in [0.25, 0.3) is 0 Å². The summed E-state index contributed by atoms with van der Waals surface area (Å²) in [6.07, 6.45) is 4.88. The van der Waals surface area contributed by atoms with Crippen LogP contribution in [0.3, 0.4) is 0 Å². The van der Waals surface area contributed by atoms with Crippen LogP contribution in [0.2, 0.25) is 0 Å². The smallest absolute Gasteiger partial charge is 0.0413 e. The van der Waals surface area contributed by atoms with Crippen molar-refractivity contribution in [2.45, 2.75) is 39.5 Å². The molecule has 0 fully saturated rings. The van der Waals surface area contributed by atoms with Crippen molar-refractivity contribution in [2.75, 3.05) is 0 Å². The molecule has 1 nitrogen and oxygen atoms in total. The van der Waals surface area contributed by atoms with Crippen LogP contribution in [-0.4, -0.2) is 4.98 Å². The Kier molecular flexibility index (Phi) is 3.12. The number of pyridine rings is 1. The van der Waals surface area contributed by atoms with Gasteiger partial charge in [-0.25, -0.2) is 0 Å². The van der Waals surface area contributed by atoms with Gasteiger partial charge in [0.2, 0.25) is 0 Å². The van der Waals surface area contributed by atoms with Crippen LogP contribution in [0.4, 0.5) is 0 Å². The van der Waals surface area contributed by atoms with E-state index >= 15 is 0 Å². The lowest BCUT2D eigenvalue weighted by atomic mass is 9.84. The minimum Gasteiger partial charge on any atom is -0.263 e. The third-order valence-electron chi connectivity index (χ3n) is 2.11. The molecule has 0 amide bonds. The summed E-state index contributed by atoms with van der Waals surface area (Å²) >= 11 is 3.56. The normalized spacial score (nSPS) is 11.8. The predicted molar refractivity (Wildman–Crippen MR) is 60.0 cm³/mol. The maximum atomic E-state index is 4.18. The van der Waals surface area contributed by atoms with E-state index in [1.807, 2.05) is 12.4 Å². The molecule has 1 heterocycles. The summed E-state index contributed by atoms with van der Waals surface area (Å²) in [4.78, 5) is 4.18. The Balaban J connectivity index is 3.32. The first-order valence-electron chi connectivity index (χ1n) is 4.59. The third kappa shape index (κ3) is 2.31. The highest BCUT2D eigenvalue weighted by atomic mass is 79.9. The van der Waals surface area contributed by atoms with E-state index < -0.39 is 0 Å². The van der Waals surface area contributed by atoms with Crippen molar-refractivity contribution < 1.29 is 0 Å². The fourth-order valence-electron chi connectivity index (χ4n) is 1.58. The van der Waals surface area contributed by atoms with Crippen LogP contribution in [0.5, 0.6) is 0 Å². The van der Waals surface area contributed by atoms with Gasteiger partial charge in [0.05, 0.1) is 0 Å². The number of rotatable bonds is 1. The number of hydrogen-bond acceptors (Lipinski definition) is 1. The Morgan fingerprint density at radius 1 is 1.31 bits per heavy atom. The summed E-state index contributed by atoms with van der Waals surface area (Å²) in [5.41, 5.74) is 2.90. The molecule has 1 aromatic heterocycles. The molecule has 72 valence electrons. The molecule has 0 spiro atoms. The fourth-order valence-corrected chi connectivity index (χ4v) is 2.55. The van der Waals surface area contributed by atoms with Gasteiger partial charge in [0.1, 0.15) is 0 Å². The Labute approximate surface area is 88.7 Å². The highest BCUT2D eigenvalue weighted by molar-refractivity contribution is 9.10. The second kappa shape index (κ2) is 3.79. The zero-order valence-electron chi connectivity index (χ0n) is 8.69. The van der Waals surface area contributed by atoms with Crippen LogP contribution in [0.1, 0.15) is 38.8 Å². The molecule has 0 N–H and O–H groups in total. The van der Waals surface area contributed by atoms with Crippen LogP contribution < -0.4 is 0 Å². The number of aromatic nitrogens is 1. The molecule has 0 unspecified atom stereocenters. The van der Waals surface area contributed by atoms with Crippen LogP contribution in [0, 0.1) is 0 Å². The van der Waals surface area contributed by atoms with Crippen molar-refractivity contribution in [3.63, 3.8) is 0 Å². The largest absolute Gasteiger partial charge is 0.263 e. The summed E-state index contributed by atoms with van der Waals surface area (Å²) in [6, 6.07) is 0. The first-order chi connectivity index (χ1) is 5.96. The molecule has 13 heavy (non-hydrogen) atoms. The minimum absolute atomic E-state index is 0.188. The molecule has 0 aliphatic heterocycles. The molecule has 0 aliphatic rings. The summed E-state index contributed by atoms with van der Waals surface area (Å²) in [5.74, 6) is 0. The molecular formula is C11H16BrN. The van der Waals surface area contributed by atoms with Gasteiger partial charge in [-0.1, -0.05) is 27.7 Å². The lowest BCUT2D eigenvalue weighted by molar-refractivity contribution is 0.578. The lowest BCUT2D eigenvalue weighted by Crippen LogP contribution is -2.15. The molecule has 0 bridgehead atoms. The summed E-state index contributed by atoms with van der Waals surface area (Å²) < 4.78 is 1.12. The van der Waals surface area contributed by atoms with E-state index in [1.54, 1.807) is 0 Å². The number of halogens is 1. The van der Waals surface area contributed by atoms with E-state index in [0.717, 1.165) is 10.9 Å². The first kappa shape index (κ1) is 10.7. The van der Waals surface area contributed by atoms with Gasteiger partial charge in [0, 0.05) is 16.9 Å². The topological polar surface area (TPSA) is 12.9 Å². The summed E-state index contributed by atoms with van der Waals surface area (Å²) in [5, 5.41) is 0. The molecular weight excluding hydrogens is 226 g/mol. The second-order valence-electron chi connectivity index (χ2n) is 4.26. The highest BCUT2D eigenvalue weighted by Gasteiger charge is 2.20. The molecule has 1 rings (SSSR count). The van der Waals surface area contributed by atoms with Crippen molar-refractivity contribution in [1.82, 2.24) is 4.98 Å². The second-order valence-corrected chi connectivity index (χ2v) is 5.11. The SMILES string of the molecule is CCc1cncc(Br)c1C(C)(C)C. The van der Waals surface area contributed by atoms with Gasteiger partial charge < -0.3 is 0 Å². The zero-order valence-corrected chi connectivity index (χ0v) is 10.3. The predicted octanol–water partition coefficient (Wildman–Crippen LogP) is 3.70. The third-order valence-corrected chi connectivity index (χ3v) is 2.71.